The summed E-state index contributed by atoms with van der Waals surface area (Å²) in [4.78, 5) is 0. The Bertz CT molecular complexity index is 4160. The number of benzene rings is 12. The van der Waals surface area contributed by atoms with Gasteiger partial charge in [0.15, 0.2) is 0 Å². The molecule has 0 aliphatic heterocycles. The fraction of sp³-hybridized carbons (Fsp3) is 0. The Morgan fingerprint density at radius 3 is 1.32 bits per heavy atom. The van der Waals surface area contributed by atoms with E-state index in [9.17, 15) is 0 Å². The minimum absolute atomic E-state index is 1.16. The Kier molecular flexibility index (Phi) is 8.22. The van der Waals surface area contributed by atoms with E-state index in [0.29, 0.717) is 0 Å². The summed E-state index contributed by atoms with van der Waals surface area (Å²) in [6.07, 6.45) is 0. The molecule has 0 N–H and O–H groups in total. The molecule has 0 saturated heterocycles. The lowest BCUT2D eigenvalue weighted by molar-refractivity contribution is 1.18. The lowest BCUT2D eigenvalue weighted by Crippen LogP contribution is -1.94. The predicted molar refractivity (Wildman–Crippen MR) is 285 cm³/mol. The summed E-state index contributed by atoms with van der Waals surface area (Å²) in [5, 5.41) is 15.2. The summed E-state index contributed by atoms with van der Waals surface area (Å²) >= 11 is 1.92. The minimum Gasteiger partial charge on any atom is -0.309 e. The molecule has 66 heavy (non-hydrogen) atoms. The van der Waals surface area contributed by atoms with Crippen LogP contribution in [0.4, 0.5) is 0 Å². The zero-order chi connectivity index (χ0) is 43.3. The van der Waals surface area contributed by atoms with Gasteiger partial charge in [0, 0.05) is 42.2 Å². The van der Waals surface area contributed by atoms with Crippen LogP contribution in [0, 0.1) is 0 Å². The molecule has 306 valence electrons. The molecule has 14 aromatic rings. The number of para-hydroxylation sites is 2. The van der Waals surface area contributed by atoms with Crippen molar-refractivity contribution in [2.24, 2.45) is 0 Å². The molecule has 0 atom stereocenters. The van der Waals surface area contributed by atoms with Crippen molar-refractivity contribution in [3.8, 4) is 50.2 Å². The molecule has 2 heteroatoms. The third kappa shape index (κ3) is 5.40. The quantitative estimate of drug-likeness (QED) is 0.152. The molecule has 0 spiro atoms. The van der Waals surface area contributed by atoms with Gasteiger partial charge in [0.2, 0.25) is 0 Å². The molecule has 0 aliphatic rings. The van der Waals surface area contributed by atoms with Crippen molar-refractivity contribution in [2.75, 3.05) is 0 Å². The molecular formula is C64H39NS. The van der Waals surface area contributed by atoms with Crippen molar-refractivity contribution in [1.82, 2.24) is 4.57 Å². The van der Waals surface area contributed by atoms with Crippen LogP contribution in [0.25, 0.3) is 135 Å². The SMILES string of the molecule is c1ccc(-c2c3ccccc3c(-c3cccc4sc5c(-c6c7ccccc7c(-c7ccc8c9ccccc9n(-c9ccccc9)c8c7)c7ccccc67)cccc5c34)c3ccccc23)cc1. The molecular weight excluding hydrogens is 815 g/mol. The minimum atomic E-state index is 1.16. The molecule has 0 fully saturated rings. The molecule has 12 aromatic carbocycles. The van der Waals surface area contributed by atoms with Crippen molar-refractivity contribution < 1.29 is 0 Å². The summed E-state index contributed by atoms with van der Waals surface area (Å²) in [6, 6.07) is 87.6. The Hall–Kier alpha value is -8.30. The van der Waals surface area contributed by atoms with Crippen LogP contribution in [0.1, 0.15) is 0 Å². The second-order valence-corrected chi connectivity index (χ2v) is 18.5. The third-order valence-electron chi connectivity index (χ3n) is 14.0. The van der Waals surface area contributed by atoms with Gasteiger partial charge in [-0.2, -0.15) is 0 Å². The van der Waals surface area contributed by atoms with Crippen LogP contribution >= 0.6 is 11.3 Å². The highest BCUT2D eigenvalue weighted by Gasteiger charge is 2.23. The Morgan fingerprint density at radius 1 is 0.273 bits per heavy atom. The van der Waals surface area contributed by atoms with E-state index in [-0.39, 0.29) is 0 Å². The van der Waals surface area contributed by atoms with Crippen LogP contribution < -0.4 is 0 Å². The number of rotatable bonds is 5. The highest BCUT2D eigenvalue weighted by atomic mass is 32.1. The molecule has 0 saturated carbocycles. The summed E-state index contributed by atoms with van der Waals surface area (Å²) in [7, 11) is 0. The monoisotopic (exact) mass is 853 g/mol. The summed E-state index contributed by atoms with van der Waals surface area (Å²) in [5.74, 6) is 0. The first-order valence-corrected chi connectivity index (χ1v) is 23.6. The van der Waals surface area contributed by atoms with Crippen molar-refractivity contribution in [1.29, 1.82) is 0 Å². The van der Waals surface area contributed by atoms with Crippen LogP contribution in [0.5, 0.6) is 0 Å². The highest BCUT2D eigenvalue weighted by Crippen LogP contribution is 2.52. The normalized spacial score (nSPS) is 11.9. The molecule has 0 radical (unpaired) electrons. The van der Waals surface area contributed by atoms with Crippen molar-refractivity contribution in [3.63, 3.8) is 0 Å². The maximum atomic E-state index is 2.42. The highest BCUT2D eigenvalue weighted by molar-refractivity contribution is 7.26. The standard InChI is InChI=1S/C64H39NS/c1-3-19-40(20-4-1)59-45-24-7-11-28-49(45)61(50-29-12-8-25-46(50)59)53-32-18-36-58-63(53)55-34-17-33-54(64(55)66-58)62-51-30-13-9-26-47(51)60(48-27-10-14-31-52(48)62)41-37-38-44-43-23-15-16-35-56(43)65(57(44)39-41)42-21-5-2-6-22-42/h1-39H. The Labute approximate surface area is 385 Å². The summed E-state index contributed by atoms with van der Waals surface area (Å²) in [5.41, 5.74) is 13.7. The Morgan fingerprint density at radius 2 is 0.712 bits per heavy atom. The first-order chi connectivity index (χ1) is 32.8. The fourth-order valence-corrected chi connectivity index (χ4v) is 12.5. The lowest BCUT2D eigenvalue weighted by Gasteiger charge is -2.19. The third-order valence-corrected chi connectivity index (χ3v) is 15.2. The lowest BCUT2D eigenvalue weighted by atomic mass is 9.84. The maximum absolute atomic E-state index is 2.42. The van der Waals surface area contributed by atoms with E-state index >= 15 is 0 Å². The first kappa shape index (κ1) is 37.1. The zero-order valence-electron chi connectivity index (χ0n) is 35.9. The van der Waals surface area contributed by atoms with E-state index in [4.69, 9.17) is 0 Å². The summed E-state index contributed by atoms with van der Waals surface area (Å²) < 4.78 is 5.03. The first-order valence-electron chi connectivity index (χ1n) is 22.8. The number of hydrogen-bond acceptors (Lipinski definition) is 1. The van der Waals surface area contributed by atoms with Gasteiger partial charge in [-0.15, -0.1) is 11.3 Å². The van der Waals surface area contributed by atoms with Gasteiger partial charge in [0.25, 0.3) is 0 Å². The van der Waals surface area contributed by atoms with Gasteiger partial charge in [-0.05, 0) is 112 Å². The topological polar surface area (TPSA) is 4.93 Å². The number of aromatic nitrogens is 1. The van der Waals surface area contributed by atoms with Gasteiger partial charge in [-0.3, -0.25) is 0 Å². The van der Waals surface area contributed by atoms with Gasteiger partial charge in [0.1, 0.15) is 0 Å². The molecule has 2 aromatic heterocycles. The number of nitrogens with zero attached hydrogens (tertiary/aromatic N) is 1. The van der Waals surface area contributed by atoms with Crippen molar-refractivity contribution >= 4 is 96.4 Å². The van der Waals surface area contributed by atoms with Gasteiger partial charge in [-0.1, -0.05) is 206 Å². The smallest absolute Gasteiger partial charge is 0.0547 e. The predicted octanol–water partition coefficient (Wildman–Crippen LogP) is 18.4. The molecule has 0 unspecified atom stereocenters. The van der Waals surface area contributed by atoms with Crippen LogP contribution in [0.2, 0.25) is 0 Å². The van der Waals surface area contributed by atoms with Crippen molar-refractivity contribution in [3.05, 3.63) is 237 Å². The van der Waals surface area contributed by atoms with E-state index in [1.165, 1.54) is 130 Å². The van der Waals surface area contributed by atoms with Gasteiger partial charge < -0.3 is 4.57 Å². The molecule has 2 heterocycles. The van der Waals surface area contributed by atoms with Crippen LogP contribution in [0.15, 0.2) is 237 Å². The second kappa shape index (κ2) is 14.6. The molecule has 14 rings (SSSR count). The largest absolute Gasteiger partial charge is 0.309 e. The Balaban J connectivity index is 1.03. The molecule has 0 aliphatic carbocycles. The zero-order valence-corrected chi connectivity index (χ0v) is 36.7. The van der Waals surface area contributed by atoms with E-state index in [1.807, 2.05) is 11.3 Å². The fourth-order valence-electron chi connectivity index (χ4n) is 11.3. The molecule has 1 nitrogen and oxygen atoms in total. The van der Waals surface area contributed by atoms with Crippen molar-refractivity contribution in [2.45, 2.75) is 0 Å². The average molecular weight is 854 g/mol. The molecule has 0 amide bonds. The van der Waals surface area contributed by atoms with E-state index < -0.39 is 0 Å². The number of hydrogen-bond donors (Lipinski definition) is 0. The van der Waals surface area contributed by atoms with Gasteiger partial charge >= 0.3 is 0 Å². The average Bonchev–Trinajstić information content (AvgIpc) is 3.94. The van der Waals surface area contributed by atoms with Crippen LogP contribution in [-0.2, 0) is 0 Å². The van der Waals surface area contributed by atoms with E-state index in [0.717, 1.165) is 5.69 Å². The van der Waals surface area contributed by atoms with Gasteiger partial charge in [0.05, 0.1) is 11.0 Å². The maximum Gasteiger partial charge on any atom is 0.0547 e. The van der Waals surface area contributed by atoms with E-state index in [2.05, 4.69) is 241 Å². The number of thiophene rings is 1. The number of fused-ring (bicyclic) bond motifs is 10. The van der Waals surface area contributed by atoms with Crippen LogP contribution in [0.3, 0.4) is 0 Å². The van der Waals surface area contributed by atoms with Gasteiger partial charge in [-0.25, -0.2) is 0 Å². The molecule has 0 bridgehead atoms. The summed E-state index contributed by atoms with van der Waals surface area (Å²) in [6.45, 7) is 0. The van der Waals surface area contributed by atoms with E-state index in [1.54, 1.807) is 0 Å². The van der Waals surface area contributed by atoms with Crippen LogP contribution in [-0.4, -0.2) is 4.57 Å². The second-order valence-electron chi connectivity index (χ2n) is 17.4.